The summed E-state index contributed by atoms with van der Waals surface area (Å²) in [7, 11) is 0. The molecule has 0 bridgehead atoms. The van der Waals surface area contributed by atoms with Crippen LogP contribution < -0.4 is 0 Å². The van der Waals surface area contributed by atoms with Crippen LogP contribution in [0.4, 0.5) is 0 Å². The zero-order chi connectivity index (χ0) is 28.1. The first kappa shape index (κ1) is 22.7. The average Bonchev–Trinajstić information content (AvgIpc) is 3.78. The molecule has 0 aliphatic carbocycles. The number of fused-ring (bicyclic) bond motifs is 15. The zero-order valence-electron chi connectivity index (χ0n) is 23.0. The van der Waals surface area contributed by atoms with Gasteiger partial charge in [-0.3, -0.25) is 9.38 Å². The molecule has 0 amide bonds. The predicted octanol–water partition coefficient (Wildman–Crippen LogP) is 9.23. The highest BCUT2D eigenvalue weighted by atomic mass is 15.0. The van der Waals surface area contributed by atoms with Crippen LogP contribution in [0.1, 0.15) is 0 Å². The fourth-order valence-corrected chi connectivity index (χ4v) is 7.29. The summed E-state index contributed by atoms with van der Waals surface area (Å²) >= 11 is 0. The van der Waals surface area contributed by atoms with Gasteiger partial charge in [0.05, 0.1) is 38.5 Å². The van der Waals surface area contributed by atoms with E-state index in [1.807, 2.05) is 18.5 Å². The number of benzene rings is 5. The van der Waals surface area contributed by atoms with Crippen LogP contribution in [0.3, 0.4) is 0 Å². The predicted molar refractivity (Wildman–Crippen MR) is 177 cm³/mol. The van der Waals surface area contributed by atoms with Crippen molar-refractivity contribution in [2.24, 2.45) is 0 Å². The maximum absolute atomic E-state index is 5.07. The Morgan fingerprint density at radius 1 is 0.419 bits per heavy atom. The van der Waals surface area contributed by atoms with Gasteiger partial charge < -0.3 is 9.13 Å². The van der Waals surface area contributed by atoms with Crippen molar-refractivity contribution in [3.8, 4) is 11.4 Å². The first-order valence-electron chi connectivity index (χ1n) is 14.5. The number of nitrogens with zero attached hydrogens (tertiary/aromatic N) is 5. The van der Waals surface area contributed by atoms with Crippen LogP contribution in [0.2, 0.25) is 0 Å². The Bertz CT molecular complexity index is 2710. The summed E-state index contributed by atoms with van der Waals surface area (Å²) < 4.78 is 7.14. The summed E-state index contributed by atoms with van der Waals surface area (Å²) in [6, 6.07) is 43.1. The van der Waals surface area contributed by atoms with E-state index in [-0.39, 0.29) is 0 Å². The quantitative estimate of drug-likeness (QED) is 0.202. The van der Waals surface area contributed by atoms with Crippen molar-refractivity contribution in [2.75, 3.05) is 0 Å². The Hall–Kier alpha value is -5.94. The van der Waals surface area contributed by atoms with E-state index >= 15 is 0 Å². The Labute approximate surface area is 245 Å². The topological polar surface area (TPSA) is 40.0 Å². The lowest BCUT2D eigenvalue weighted by Gasteiger charge is -2.15. The van der Waals surface area contributed by atoms with Gasteiger partial charge >= 0.3 is 0 Å². The highest BCUT2D eigenvalue weighted by Crippen LogP contribution is 2.48. The lowest BCUT2D eigenvalue weighted by Crippen LogP contribution is -1.99. The number of imidazole rings is 1. The summed E-state index contributed by atoms with van der Waals surface area (Å²) in [4.78, 5) is 9.93. The molecule has 5 aromatic carbocycles. The first-order valence-corrected chi connectivity index (χ1v) is 14.5. The number of hydrogen-bond donors (Lipinski definition) is 0. The molecule has 0 unspecified atom stereocenters. The molecule has 0 atom stereocenters. The second kappa shape index (κ2) is 8.30. The third kappa shape index (κ3) is 2.85. The highest BCUT2D eigenvalue weighted by Gasteiger charge is 2.27. The first-order chi connectivity index (χ1) is 21.4. The highest BCUT2D eigenvalue weighted by molar-refractivity contribution is 6.39. The average molecular weight is 550 g/mol. The third-order valence-corrected chi connectivity index (χ3v) is 8.89. The molecule has 5 nitrogen and oxygen atoms in total. The van der Waals surface area contributed by atoms with E-state index in [9.17, 15) is 0 Å². The van der Waals surface area contributed by atoms with Gasteiger partial charge in [-0.1, -0.05) is 72.8 Å². The molecule has 0 aliphatic heterocycles. The van der Waals surface area contributed by atoms with E-state index < -0.39 is 0 Å². The van der Waals surface area contributed by atoms with Gasteiger partial charge in [0.15, 0.2) is 0 Å². The number of hydrogen-bond acceptors (Lipinski definition) is 2. The van der Waals surface area contributed by atoms with Crippen molar-refractivity contribution in [1.82, 2.24) is 23.5 Å². The van der Waals surface area contributed by atoms with Crippen molar-refractivity contribution in [1.29, 1.82) is 0 Å². The van der Waals surface area contributed by atoms with E-state index in [1.54, 1.807) is 0 Å². The summed E-state index contributed by atoms with van der Waals surface area (Å²) in [6.07, 6.45) is 5.90. The van der Waals surface area contributed by atoms with E-state index in [2.05, 4.69) is 135 Å². The fraction of sp³-hybridized carbons (Fsp3) is 0. The molecule has 0 saturated carbocycles. The summed E-state index contributed by atoms with van der Waals surface area (Å²) in [5, 5.41) is 7.00. The van der Waals surface area contributed by atoms with Crippen LogP contribution in [0.15, 0.2) is 140 Å². The van der Waals surface area contributed by atoms with Crippen molar-refractivity contribution >= 4 is 71.1 Å². The molecule has 5 aromatic heterocycles. The minimum Gasteiger partial charge on any atom is -0.308 e. The van der Waals surface area contributed by atoms with Gasteiger partial charge in [-0.05, 0) is 48.5 Å². The second-order valence-corrected chi connectivity index (χ2v) is 11.1. The molecule has 5 heteroatoms. The number of para-hydroxylation sites is 4. The number of aromatic nitrogens is 5. The molecule has 10 aromatic rings. The lowest BCUT2D eigenvalue weighted by atomic mass is 10.0. The summed E-state index contributed by atoms with van der Waals surface area (Å²) in [5.74, 6) is 0. The summed E-state index contributed by atoms with van der Waals surface area (Å²) in [6.45, 7) is 0. The van der Waals surface area contributed by atoms with Crippen molar-refractivity contribution in [3.05, 3.63) is 140 Å². The molecule has 0 radical (unpaired) electrons. The van der Waals surface area contributed by atoms with Gasteiger partial charge in [0.1, 0.15) is 5.65 Å². The minimum absolute atomic E-state index is 0.912. The summed E-state index contributed by atoms with van der Waals surface area (Å²) in [5.41, 5.74) is 9.90. The number of rotatable bonds is 2. The molecule has 0 saturated heterocycles. The Kier molecular flexibility index (Phi) is 4.39. The van der Waals surface area contributed by atoms with Gasteiger partial charge in [-0.15, -0.1) is 0 Å². The van der Waals surface area contributed by atoms with Crippen molar-refractivity contribution < 1.29 is 0 Å². The molecule has 0 spiro atoms. The van der Waals surface area contributed by atoms with Crippen molar-refractivity contribution in [2.45, 2.75) is 0 Å². The van der Waals surface area contributed by atoms with E-state index in [0.717, 1.165) is 49.9 Å². The largest absolute Gasteiger partial charge is 0.308 e. The van der Waals surface area contributed by atoms with E-state index in [0.29, 0.717) is 0 Å². The number of pyridine rings is 2. The monoisotopic (exact) mass is 549 g/mol. The van der Waals surface area contributed by atoms with Gasteiger partial charge in [-0.25, -0.2) is 4.98 Å². The molecule has 200 valence electrons. The maximum Gasteiger partial charge on any atom is 0.146 e. The van der Waals surface area contributed by atoms with Gasteiger partial charge in [0.2, 0.25) is 0 Å². The second-order valence-electron chi connectivity index (χ2n) is 11.1. The van der Waals surface area contributed by atoms with Crippen LogP contribution in [0, 0.1) is 0 Å². The van der Waals surface area contributed by atoms with Crippen LogP contribution >= 0.6 is 0 Å². The Morgan fingerprint density at radius 3 is 1.60 bits per heavy atom. The molecule has 43 heavy (non-hydrogen) atoms. The van der Waals surface area contributed by atoms with Crippen molar-refractivity contribution in [3.63, 3.8) is 0 Å². The molecule has 10 rings (SSSR count). The molecule has 0 N–H and O–H groups in total. The molecular weight excluding hydrogens is 526 g/mol. The Balaban J connectivity index is 1.66. The van der Waals surface area contributed by atoms with Gasteiger partial charge in [0.25, 0.3) is 0 Å². The maximum atomic E-state index is 5.07. The standard InChI is InChI=1S/C38H23N5/c1-3-12-24(13-4-1)42-29-19-9-7-16-26(29)31-35-33(34-28(18-11-21-39-34)38-40-22-23-41(35)38)37-32(36(31)42)27-17-8-10-20-30(27)43(37)25-14-5-2-6-15-25/h1-23H. The zero-order valence-corrected chi connectivity index (χ0v) is 23.0. The molecule has 0 aliphatic rings. The van der Waals surface area contributed by atoms with Gasteiger partial charge in [-0.2, -0.15) is 0 Å². The molecule has 0 fully saturated rings. The smallest absolute Gasteiger partial charge is 0.146 e. The third-order valence-electron chi connectivity index (χ3n) is 8.89. The SMILES string of the molecule is c1ccc(-n2c3ccccc3c3c2c2c4ccccc4n(-c4ccccc4)c2c2c4ncccc4c4nccn4c32)cc1. The molecule has 5 heterocycles. The van der Waals surface area contributed by atoms with E-state index in [1.165, 1.54) is 32.6 Å². The lowest BCUT2D eigenvalue weighted by molar-refractivity contribution is 1.18. The van der Waals surface area contributed by atoms with Crippen LogP contribution in [-0.4, -0.2) is 23.5 Å². The van der Waals surface area contributed by atoms with Crippen LogP contribution in [-0.2, 0) is 0 Å². The van der Waals surface area contributed by atoms with E-state index in [4.69, 9.17) is 9.97 Å². The normalized spacial score (nSPS) is 12.2. The minimum atomic E-state index is 0.912. The molecular formula is C38H23N5. The van der Waals surface area contributed by atoms with Crippen LogP contribution in [0.5, 0.6) is 0 Å². The Morgan fingerprint density at radius 2 is 0.953 bits per heavy atom. The van der Waals surface area contributed by atoms with Crippen LogP contribution in [0.25, 0.3) is 82.4 Å². The fourth-order valence-electron chi connectivity index (χ4n) is 7.29. The van der Waals surface area contributed by atoms with Gasteiger partial charge in [0, 0.05) is 56.9 Å².